The van der Waals surface area contributed by atoms with E-state index < -0.39 is 8.25 Å². The number of aromatic nitrogens is 2. The number of para-hydroxylation sites is 2. The first-order chi connectivity index (χ1) is 11.8. The van der Waals surface area contributed by atoms with Crippen molar-refractivity contribution in [2.75, 3.05) is 0 Å². The second kappa shape index (κ2) is 7.09. The van der Waals surface area contributed by atoms with Gasteiger partial charge in [-0.05, 0) is 24.3 Å². The van der Waals surface area contributed by atoms with Crippen LogP contribution >= 0.6 is 30.9 Å². The number of hydrogen-bond acceptors (Lipinski definition) is 7. The molecule has 0 bridgehead atoms. The summed E-state index contributed by atoms with van der Waals surface area (Å²) >= 11 is 3.06. The molecule has 0 atom stereocenters. The molecule has 8 heteroatoms. The van der Waals surface area contributed by atoms with Crippen LogP contribution in [0.2, 0.25) is 0 Å². The molecule has 2 aromatic heterocycles. The summed E-state index contributed by atoms with van der Waals surface area (Å²) < 4.78 is 24.7. The fourth-order valence-electron chi connectivity index (χ4n) is 2.25. The summed E-state index contributed by atoms with van der Waals surface area (Å²) in [4.78, 5) is 8.87. The lowest BCUT2D eigenvalue weighted by atomic mass is 10.3. The lowest BCUT2D eigenvalue weighted by Gasteiger charge is -2.02. The number of rotatable bonds is 6. The molecule has 0 N–H and O–H groups in total. The summed E-state index contributed by atoms with van der Waals surface area (Å²) in [5.74, 6) is 0. The molecule has 0 aliphatic carbocycles. The number of fused-ring (bicyclic) bond motifs is 2. The van der Waals surface area contributed by atoms with Crippen LogP contribution in [0.1, 0.15) is 10.0 Å². The van der Waals surface area contributed by atoms with Gasteiger partial charge in [-0.1, -0.05) is 24.3 Å². The van der Waals surface area contributed by atoms with Crippen LogP contribution < -0.4 is 0 Å². The third-order valence-electron chi connectivity index (χ3n) is 3.30. The van der Waals surface area contributed by atoms with Crippen LogP contribution in [-0.4, -0.2) is 9.97 Å². The van der Waals surface area contributed by atoms with Gasteiger partial charge in [0.05, 0.1) is 20.4 Å². The standard InChI is InChI=1S/C16H13N2O3PS2/c19-22(20-9-15-17-11-5-1-3-7-13(11)23-15)21-10-16-18-12-6-2-4-8-14(12)24-16/h1-8,22H,9-10H2. The first-order valence-electron chi connectivity index (χ1n) is 7.26. The van der Waals surface area contributed by atoms with Crippen LogP contribution in [0.5, 0.6) is 0 Å². The van der Waals surface area contributed by atoms with Gasteiger partial charge in [-0.25, -0.2) is 9.97 Å². The molecule has 122 valence electrons. The highest BCUT2D eigenvalue weighted by molar-refractivity contribution is 7.33. The Morgan fingerprint density at radius 3 is 1.71 bits per heavy atom. The summed E-state index contributed by atoms with van der Waals surface area (Å²) in [5, 5.41) is 1.58. The number of hydrogen-bond donors (Lipinski definition) is 0. The Bertz CT molecular complexity index is 869. The van der Waals surface area contributed by atoms with Crippen molar-refractivity contribution >= 4 is 51.4 Å². The summed E-state index contributed by atoms with van der Waals surface area (Å²) in [7, 11) is -2.58. The van der Waals surface area contributed by atoms with E-state index in [9.17, 15) is 4.57 Å². The topological polar surface area (TPSA) is 61.3 Å². The largest absolute Gasteiger partial charge is 0.319 e. The Morgan fingerprint density at radius 1 is 0.792 bits per heavy atom. The van der Waals surface area contributed by atoms with E-state index in [0.29, 0.717) is 0 Å². The van der Waals surface area contributed by atoms with Crippen molar-refractivity contribution in [2.24, 2.45) is 0 Å². The summed E-state index contributed by atoms with van der Waals surface area (Å²) in [6.07, 6.45) is 0. The van der Waals surface area contributed by atoms with Crippen molar-refractivity contribution in [1.82, 2.24) is 9.97 Å². The van der Waals surface area contributed by atoms with Crippen LogP contribution in [0.15, 0.2) is 48.5 Å². The first kappa shape index (κ1) is 15.9. The highest BCUT2D eigenvalue weighted by Crippen LogP contribution is 2.31. The third-order valence-corrected chi connectivity index (χ3v) is 6.08. The minimum Gasteiger partial charge on any atom is -0.303 e. The molecule has 0 spiro atoms. The molecular weight excluding hydrogens is 363 g/mol. The molecular formula is C16H13N2O3PS2. The molecule has 2 aromatic carbocycles. The van der Waals surface area contributed by atoms with Gasteiger partial charge in [-0.15, -0.1) is 22.7 Å². The second-order valence-electron chi connectivity index (χ2n) is 4.98. The fraction of sp³-hybridized carbons (Fsp3) is 0.125. The van der Waals surface area contributed by atoms with Gasteiger partial charge in [0, 0.05) is 0 Å². The van der Waals surface area contributed by atoms with Gasteiger partial charge in [-0.3, -0.25) is 4.57 Å². The Kier molecular flexibility index (Phi) is 4.69. The van der Waals surface area contributed by atoms with E-state index in [1.165, 1.54) is 22.7 Å². The van der Waals surface area contributed by atoms with Gasteiger partial charge in [0.15, 0.2) is 0 Å². The van der Waals surface area contributed by atoms with Gasteiger partial charge in [0.1, 0.15) is 23.2 Å². The molecule has 4 aromatic rings. The Hall–Kier alpha value is -1.63. The average Bonchev–Trinajstić information content (AvgIpc) is 3.21. The van der Waals surface area contributed by atoms with Gasteiger partial charge in [-0.2, -0.15) is 0 Å². The van der Waals surface area contributed by atoms with E-state index in [-0.39, 0.29) is 13.2 Å². The maximum Gasteiger partial charge on any atom is 0.319 e. The van der Waals surface area contributed by atoms with Crippen LogP contribution in [0, 0.1) is 0 Å². The van der Waals surface area contributed by atoms with Crippen LogP contribution in [0.3, 0.4) is 0 Å². The average molecular weight is 376 g/mol. The molecule has 4 rings (SSSR count). The van der Waals surface area contributed by atoms with Gasteiger partial charge < -0.3 is 9.05 Å². The van der Waals surface area contributed by atoms with E-state index >= 15 is 0 Å². The molecule has 0 saturated heterocycles. The molecule has 0 amide bonds. The molecule has 2 heterocycles. The quantitative estimate of drug-likeness (QED) is 0.442. The Balaban J connectivity index is 1.33. The predicted octanol–water partition coefficient (Wildman–Crippen LogP) is 5.03. The molecule has 24 heavy (non-hydrogen) atoms. The maximum atomic E-state index is 11.9. The lowest BCUT2D eigenvalue weighted by molar-refractivity contribution is 0.212. The summed E-state index contributed by atoms with van der Waals surface area (Å²) in [6, 6.07) is 15.7. The third kappa shape index (κ3) is 3.55. The van der Waals surface area contributed by atoms with Crippen LogP contribution in [-0.2, 0) is 26.8 Å². The Labute approximate surface area is 146 Å². The zero-order valence-electron chi connectivity index (χ0n) is 12.5. The summed E-state index contributed by atoms with van der Waals surface area (Å²) in [6.45, 7) is 0.383. The van der Waals surface area contributed by atoms with Gasteiger partial charge in [0.2, 0.25) is 0 Å². The SMILES string of the molecule is O=[PH](OCc1nc2ccccc2s1)OCc1nc2ccccc2s1. The van der Waals surface area contributed by atoms with Crippen molar-refractivity contribution in [3.8, 4) is 0 Å². The molecule has 0 aliphatic heterocycles. The molecule has 0 radical (unpaired) electrons. The highest BCUT2D eigenvalue weighted by atomic mass is 32.1. The predicted molar refractivity (Wildman–Crippen MR) is 97.8 cm³/mol. The minimum absolute atomic E-state index is 0.191. The fourth-order valence-corrected chi connectivity index (χ4v) is 4.81. The van der Waals surface area contributed by atoms with Crippen molar-refractivity contribution < 1.29 is 13.6 Å². The van der Waals surface area contributed by atoms with Crippen molar-refractivity contribution in [2.45, 2.75) is 13.2 Å². The van der Waals surface area contributed by atoms with E-state index in [1.807, 2.05) is 48.5 Å². The van der Waals surface area contributed by atoms with Crippen molar-refractivity contribution in [1.29, 1.82) is 0 Å². The summed E-state index contributed by atoms with van der Waals surface area (Å²) in [5.41, 5.74) is 1.85. The number of nitrogens with zero attached hydrogens (tertiary/aromatic N) is 2. The van der Waals surface area contributed by atoms with Crippen molar-refractivity contribution in [3.05, 3.63) is 58.5 Å². The normalized spacial score (nSPS) is 11.7. The van der Waals surface area contributed by atoms with Crippen LogP contribution in [0.25, 0.3) is 20.4 Å². The zero-order chi connectivity index (χ0) is 16.4. The zero-order valence-corrected chi connectivity index (χ0v) is 15.1. The Morgan fingerprint density at radius 2 is 1.25 bits per heavy atom. The second-order valence-corrected chi connectivity index (χ2v) is 8.29. The molecule has 0 saturated carbocycles. The molecule has 0 aliphatic rings. The van der Waals surface area contributed by atoms with E-state index in [1.54, 1.807) is 0 Å². The number of benzene rings is 2. The molecule has 5 nitrogen and oxygen atoms in total. The molecule has 0 fully saturated rings. The monoisotopic (exact) mass is 376 g/mol. The minimum atomic E-state index is -2.58. The molecule has 0 unspecified atom stereocenters. The van der Waals surface area contributed by atoms with Crippen molar-refractivity contribution in [3.63, 3.8) is 0 Å². The lowest BCUT2D eigenvalue weighted by Crippen LogP contribution is -1.88. The highest BCUT2D eigenvalue weighted by Gasteiger charge is 2.08. The smallest absolute Gasteiger partial charge is 0.303 e. The van der Waals surface area contributed by atoms with Crippen LogP contribution in [0.4, 0.5) is 0 Å². The van der Waals surface area contributed by atoms with E-state index in [2.05, 4.69) is 9.97 Å². The first-order valence-corrected chi connectivity index (χ1v) is 10.1. The maximum absolute atomic E-state index is 11.9. The van der Waals surface area contributed by atoms with E-state index in [4.69, 9.17) is 9.05 Å². The van der Waals surface area contributed by atoms with E-state index in [0.717, 1.165) is 30.4 Å². The number of thiazole rings is 2. The van der Waals surface area contributed by atoms with Gasteiger partial charge >= 0.3 is 8.25 Å². The van der Waals surface area contributed by atoms with Gasteiger partial charge in [0.25, 0.3) is 0 Å².